The molecule has 0 fully saturated rings. The Morgan fingerprint density at radius 1 is 1.04 bits per heavy atom. The molecule has 6 nitrogen and oxygen atoms in total. The number of carbonyl (C=O) groups is 2. The number of carboxylic acids is 1. The van der Waals surface area contributed by atoms with E-state index < -0.39 is 23.8 Å². The van der Waals surface area contributed by atoms with Gasteiger partial charge in [-0.25, -0.2) is 4.79 Å². The van der Waals surface area contributed by atoms with Gasteiger partial charge in [-0.15, -0.1) is 0 Å². The van der Waals surface area contributed by atoms with Gasteiger partial charge in [-0.2, -0.15) is 5.10 Å². The maximum atomic E-state index is 12.6. The van der Waals surface area contributed by atoms with Gasteiger partial charge < -0.3 is 10.4 Å². The highest BCUT2D eigenvalue weighted by molar-refractivity contribution is 5.96. The lowest BCUT2D eigenvalue weighted by Gasteiger charge is -2.23. The minimum atomic E-state index is -1.08. The van der Waals surface area contributed by atoms with Gasteiger partial charge in [0.1, 0.15) is 11.7 Å². The molecule has 1 aliphatic rings. The monoisotopic (exact) mass is 347 g/mol. The molecule has 130 valence electrons. The highest BCUT2D eigenvalue weighted by Crippen LogP contribution is 2.46. The molecule has 0 saturated heterocycles. The lowest BCUT2D eigenvalue weighted by molar-refractivity contribution is -0.139. The van der Waals surface area contributed by atoms with Crippen LogP contribution < -0.4 is 5.32 Å². The van der Waals surface area contributed by atoms with Gasteiger partial charge in [0.15, 0.2) is 0 Å². The van der Waals surface area contributed by atoms with Crippen molar-refractivity contribution >= 4 is 11.9 Å². The van der Waals surface area contributed by atoms with Gasteiger partial charge in [-0.1, -0.05) is 48.5 Å². The van der Waals surface area contributed by atoms with Crippen molar-refractivity contribution in [2.75, 3.05) is 0 Å². The highest BCUT2D eigenvalue weighted by atomic mass is 16.4. The van der Waals surface area contributed by atoms with Crippen molar-refractivity contribution in [1.82, 2.24) is 15.1 Å². The molecule has 2 aromatic carbocycles. The molecule has 0 saturated carbocycles. The van der Waals surface area contributed by atoms with Crippen molar-refractivity contribution in [3.8, 4) is 11.1 Å². The van der Waals surface area contributed by atoms with E-state index in [1.54, 1.807) is 13.1 Å². The number of hydrogen-bond donors (Lipinski definition) is 2. The first-order chi connectivity index (χ1) is 12.6. The number of amides is 1. The van der Waals surface area contributed by atoms with Crippen LogP contribution >= 0.6 is 0 Å². The fraction of sp³-hybridized carbons (Fsp3) is 0.150. The van der Waals surface area contributed by atoms with Crippen molar-refractivity contribution in [2.24, 2.45) is 7.05 Å². The van der Waals surface area contributed by atoms with E-state index in [1.807, 2.05) is 48.5 Å². The van der Waals surface area contributed by atoms with Gasteiger partial charge in [0.25, 0.3) is 5.91 Å². The van der Waals surface area contributed by atoms with Crippen LogP contribution in [-0.2, 0) is 11.8 Å². The molecular weight excluding hydrogens is 330 g/mol. The van der Waals surface area contributed by atoms with Gasteiger partial charge in [-0.3, -0.25) is 9.48 Å². The van der Waals surface area contributed by atoms with E-state index in [1.165, 1.54) is 10.9 Å². The summed E-state index contributed by atoms with van der Waals surface area (Å²) >= 11 is 0. The van der Waals surface area contributed by atoms with Gasteiger partial charge in [-0.05, 0) is 28.3 Å². The van der Waals surface area contributed by atoms with E-state index in [4.69, 9.17) is 0 Å². The molecule has 1 atom stereocenters. The first kappa shape index (κ1) is 16.1. The summed E-state index contributed by atoms with van der Waals surface area (Å²) in [5.41, 5.74) is 4.15. The first-order valence-electron chi connectivity index (χ1n) is 8.28. The number of aliphatic carboxylic acids is 1. The fourth-order valence-electron chi connectivity index (χ4n) is 3.65. The second kappa shape index (κ2) is 6.15. The van der Waals surface area contributed by atoms with Crippen LogP contribution in [-0.4, -0.2) is 32.8 Å². The molecule has 1 amide bonds. The van der Waals surface area contributed by atoms with Crippen molar-refractivity contribution in [3.05, 3.63) is 77.6 Å². The third-order valence-corrected chi connectivity index (χ3v) is 4.82. The van der Waals surface area contributed by atoms with E-state index in [0.29, 0.717) is 5.69 Å². The minimum Gasteiger partial charge on any atom is -0.480 e. The molecule has 3 aromatic rings. The van der Waals surface area contributed by atoms with Crippen LogP contribution in [0.1, 0.15) is 27.5 Å². The minimum absolute atomic E-state index is 0.316. The van der Waals surface area contributed by atoms with Gasteiger partial charge in [0.05, 0.1) is 0 Å². The molecule has 1 unspecified atom stereocenters. The summed E-state index contributed by atoms with van der Waals surface area (Å²) in [6.45, 7) is 0. The number of fused-ring (bicyclic) bond motifs is 3. The van der Waals surface area contributed by atoms with Gasteiger partial charge in [0.2, 0.25) is 0 Å². The second-order valence-corrected chi connectivity index (χ2v) is 6.28. The molecule has 1 aromatic heterocycles. The molecule has 0 aliphatic heterocycles. The maximum absolute atomic E-state index is 12.6. The molecule has 1 heterocycles. The number of nitrogens with one attached hydrogen (secondary N) is 1. The predicted octanol–water partition coefficient (Wildman–Crippen LogP) is 2.42. The molecular formula is C20H17N3O3. The van der Waals surface area contributed by atoms with E-state index in [9.17, 15) is 14.7 Å². The Hall–Kier alpha value is -3.41. The highest BCUT2D eigenvalue weighted by Gasteiger charge is 2.39. The summed E-state index contributed by atoms with van der Waals surface area (Å²) in [5.74, 6) is -1.98. The van der Waals surface area contributed by atoms with Crippen LogP contribution in [0, 0.1) is 0 Å². The van der Waals surface area contributed by atoms with Crippen molar-refractivity contribution < 1.29 is 14.7 Å². The molecule has 0 bridgehead atoms. The molecule has 1 aliphatic carbocycles. The smallest absolute Gasteiger partial charge is 0.327 e. The molecule has 26 heavy (non-hydrogen) atoms. The Morgan fingerprint density at radius 2 is 1.62 bits per heavy atom. The summed E-state index contributed by atoms with van der Waals surface area (Å²) in [4.78, 5) is 24.6. The zero-order valence-electron chi connectivity index (χ0n) is 14.1. The third-order valence-electron chi connectivity index (χ3n) is 4.82. The Kier molecular flexibility index (Phi) is 3.80. The zero-order chi connectivity index (χ0) is 18.3. The Labute approximate surface area is 150 Å². The second-order valence-electron chi connectivity index (χ2n) is 6.28. The number of rotatable bonds is 4. The zero-order valence-corrected chi connectivity index (χ0v) is 14.1. The van der Waals surface area contributed by atoms with Crippen LogP contribution in [0.15, 0.2) is 60.8 Å². The Balaban J connectivity index is 1.77. The van der Waals surface area contributed by atoms with Crippen LogP contribution in [0.25, 0.3) is 11.1 Å². The molecule has 2 N–H and O–H groups in total. The van der Waals surface area contributed by atoms with E-state index in [0.717, 1.165) is 22.3 Å². The number of aromatic nitrogens is 2. The standard InChI is InChI=1S/C20H17N3O3/c1-23-16(10-11-21-23)19(24)22-18(20(25)26)17-14-8-4-2-6-12(14)13-7-3-5-9-15(13)17/h2-11,17-18H,1H3,(H,22,24)(H,25,26). The number of aryl methyl sites for hydroxylation is 1. The predicted molar refractivity (Wildman–Crippen MR) is 95.8 cm³/mol. The number of nitrogens with zero attached hydrogens (tertiary/aromatic N) is 2. The topological polar surface area (TPSA) is 84.2 Å². The summed E-state index contributed by atoms with van der Waals surface area (Å²) in [6.07, 6.45) is 1.50. The Morgan fingerprint density at radius 3 is 2.12 bits per heavy atom. The van der Waals surface area contributed by atoms with Gasteiger partial charge >= 0.3 is 5.97 Å². The van der Waals surface area contributed by atoms with Crippen LogP contribution in [0.2, 0.25) is 0 Å². The summed E-state index contributed by atoms with van der Waals surface area (Å²) < 4.78 is 1.42. The number of carbonyl (C=O) groups excluding carboxylic acids is 1. The molecule has 4 rings (SSSR count). The lowest BCUT2D eigenvalue weighted by Crippen LogP contribution is -2.45. The van der Waals surface area contributed by atoms with Crippen molar-refractivity contribution in [3.63, 3.8) is 0 Å². The molecule has 0 radical (unpaired) electrons. The average molecular weight is 347 g/mol. The average Bonchev–Trinajstić information content (AvgIpc) is 3.21. The normalized spacial score (nSPS) is 13.7. The van der Waals surface area contributed by atoms with Crippen LogP contribution in [0.4, 0.5) is 0 Å². The summed E-state index contributed by atoms with van der Waals surface area (Å²) in [7, 11) is 1.64. The third kappa shape index (κ3) is 2.47. The van der Waals surface area contributed by atoms with Crippen LogP contribution in [0.5, 0.6) is 0 Å². The molecule has 0 spiro atoms. The number of hydrogen-bond acceptors (Lipinski definition) is 3. The largest absolute Gasteiger partial charge is 0.480 e. The van der Waals surface area contributed by atoms with E-state index in [2.05, 4.69) is 10.4 Å². The van der Waals surface area contributed by atoms with Crippen LogP contribution in [0.3, 0.4) is 0 Å². The number of benzene rings is 2. The number of carboxylic acid groups (broad SMARTS) is 1. The van der Waals surface area contributed by atoms with Crippen molar-refractivity contribution in [2.45, 2.75) is 12.0 Å². The summed E-state index contributed by atoms with van der Waals surface area (Å²) in [5, 5.41) is 16.5. The lowest BCUT2D eigenvalue weighted by atomic mass is 9.89. The van der Waals surface area contributed by atoms with E-state index in [-0.39, 0.29) is 0 Å². The SMILES string of the molecule is Cn1nccc1C(=O)NC(C(=O)O)C1c2ccccc2-c2ccccc21. The quantitative estimate of drug-likeness (QED) is 0.759. The molecule has 6 heteroatoms. The van der Waals surface area contributed by atoms with Crippen molar-refractivity contribution in [1.29, 1.82) is 0 Å². The fourth-order valence-corrected chi connectivity index (χ4v) is 3.65. The van der Waals surface area contributed by atoms with E-state index >= 15 is 0 Å². The summed E-state index contributed by atoms with van der Waals surface area (Å²) in [6, 6.07) is 15.9. The maximum Gasteiger partial charge on any atom is 0.327 e. The first-order valence-corrected chi connectivity index (χ1v) is 8.28. The Bertz CT molecular complexity index is 963. The van der Waals surface area contributed by atoms with Gasteiger partial charge in [0, 0.05) is 19.2 Å².